The average Bonchev–Trinajstić information content (AvgIpc) is 2.44. The van der Waals surface area contributed by atoms with E-state index in [1.807, 2.05) is 31.2 Å². The summed E-state index contributed by atoms with van der Waals surface area (Å²) in [6.45, 7) is 6.37. The summed E-state index contributed by atoms with van der Waals surface area (Å²) in [6.07, 6.45) is 6.38. The number of pyridine rings is 1. The van der Waals surface area contributed by atoms with E-state index in [-0.39, 0.29) is 6.10 Å². The summed E-state index contributed by atoms with van der Waals surface area (Å²) in [5.74, 6) is 0.896. The molecule has 0 radical (unpaired) electrons. The first kappa shape index (κ1) is 15.6. The van der Waals surface area contributed by atoms with Crippen molar-refractivity contribution in [1.29, 1.82) is 0 Å². The number of hydrogen-bond donors (Lipinski definition) is 1. The van der Waals surface area contributed by atoms with Gasteiger partial charge >= 0.3 is 0 Å². The molecule has 21 heavy (non-hydrogen) atoms. The maximum Gasteiger partial charge on any atom is 0.130 e. The van der Waals surface area contributed by atoms with Crippen LogP contribution in [0.4, 0.5) is 5.69 Å². The molecule has 1 atom stereocenters. The molecule has 0 bridgehead atoms. The Morgan fingerprint density at radius 3 is 2.76 bits per heavy atom. The number of anilines is 1. The van der Waals surface area contributed by atoms with Crippen molar-refractivity contribution in [3.63, 3.8) is 0 Å². The lowest BCUT2D eigenvalue weighted by molar-refractivity contribution is 0.209. The fraction of sp³-hybridized carbons (Fsp3) is 0.500. The van der Waals surface area contributed by atoms with Crippen LogP contribution in [0.25, 0.3) is 10.9 Å². The molecular formula is C18H26N2O. The lowest BCUT2D eigenvalue weighted by Crippen LogP contribution is -2.12. The van der Waals surface area contributed by atoms with Gasteiger partial charge in [0.25, 0.3) is 0 Å². The van der Waals surface area contributed by atoms with Crippen LogP contribution in [0.3, 0.4) is 0 Å². The Morgan fingerprint density at radius 1 is 1.19 bits per heavy atom. The van der Waals surface area contributed by atoms with Crippen molar-refractivity contribution >= 4 is 16.6 Å². The molecule has 1 unspecified atom stereocenters. The van der Waals surface area contributed by atoms with Crippen molar-refractivity contribution in [2.24, 2.45) is 0 Å². The fourth-order valence-electron chi connectivity index (χ4n) is 2.57. The number of unbranched alkanes of at least 4 members (excludes halogenated alkanes) is 3. The standard InChI is InChI=1S/C18H26N2O/c1-4-5-6-7-8-14(3)21-18-11-13(2)20-17-10-9-15(19)12-16(17)18/h9-12,14H,4-8,19H2,1-3H3. The molecule has 0 saturated heterocycles. The highest BCUT2D eigenvalue weighted by Gasteiger charge is 2.10. The van der Waals surface area contributed by atoms with E-state index < -0.39 is 0 Å². The lowest BCUT2D eigenvalue weighted by Gasteiger charge is -2.17. The van der Waals surface area contributed by atoms with Crippen LogP contribution in [-0.4, -0.2) is 11.1 Å². The molecule has 114 valence electrons. The summed E-state index contributed by atoms with van der Waals surface area (Å²) in [7, 11) is 0. The predicted molar refractivity (Wildman–Crippen MR) is 89.7 cm³/mol. The van der Waals surface area contributed by atoms with Crippen LogP contribution in [0, 0.1) is 6.92 Å². The van der Waals surface area contributed by atoms with Crippen LogP contribution in [0.1, 0.15) is 51.6 Å². The quantitative estimate of drug-likeness (QED) is 0.584. The molecule has 0 aliphatic carbocycles. The van der Waals surface area contributed by atoms with Gasteiger partial charge in [0.1, 0.15) is 5.75 Å². The minimum absolute atomic E-state index is 0.216. The topological polar surface area (TPSA) is 48.1 Å². The van der Waals surface area contributed by atoms with Gasteiger partial charge in [-0.15, -0.1) is 0 Å². The van der Waals surface area contributed by atoms with E-state index >= 15 is 0 Å². The Bertz CT molecular complexity index is 595. The number of aryl methyl sites for hydroxylation is 1. The number of fused-ring (bicyclic) bond motifs is 1. The van der Waals surface area contributed by atoms with Crippen molar-refractivity contribution < 1.29 is 4.74 Å². The average molecular weight is 286 g/mol. The molecule has 0 amide bonds. The van der Waals surface area contributed by atoms with Crippen LogP contribution in [-0.2, 0) is 0 Å². The number of benzene rings is 1. The van der Waals surface area contributed by atoms with Gasteiger partial charge in [-0.05, 0) is 44.9 Å². The Morgan fingerprint density at radius 2 is 2.00 bits per heavy atom. The van der Waals surface area contributed by atoms with Gasteiger partial charge in [-0.25, -0.2) is 0 Å². The van der Waals surface area contributed by atoms with E-state index in [2.05, 4.69) is 18.8 Å². The zero-order valence-corrected chi connectivity index (χ0v) is 13.4. The molecule has 0 aliphatic rings. The molecule has 1 aromatic carbocycles. The molecule has 0 aliphatic heterocycles. The van der Waals surface area contributed by atoms with Crippen LogP contribution >= 0.6 is 0 Å². The van der Waals surface area contributed by atoms with Gasteiger partial charge in [0.2, 0.25) is 0 Å². The largest absolute Gasteiger partial charge is 0.490 e. The van der Waals surface area contributed by atoms with Gasteiger partial charge in [-0.3, -0.25) is 4.98 Å². The van der Waals surface area contributed by atoms with E-state index in [1.165, 1.54) is 25.7 Å². The molecule has 3 nitrogen and oxygen atoms in total. The number of rotatable bonds is 7. The van der Waals surface area contributed by atoms with Crippen LogP contribution in [0.2, 0.25) is 0 Å². The Kier molecular flexibility index (Phi) is 5.43. The molecule has 0 spiro atoms. The monoisotopic (exact) mass is 286 g/mol. The SMILES string of the molecule is CCCCCCC(C)Oc1cc(C)nc2ccc(N)cc12. The number of nitrogen functional groups attached to an aromatic ring is 1. The summed E-state index contributed by atoms with van der Waals surface area (Å²) < 4.78 is 6.15. The number of hydrogen-bond acceptors (Lipinski definition) is 3. The molecule has 0 fully saturated rings. The molecule has 1 aromatic heterocycles. The van der Waals surface area contributed by atoms with E-state index in [9.17, 15) is 0 Å². The molecular weight excluding hydrogens is 260 g/mol. The third-order valence-corrected chi connectivity index (χ3v) is 3.72. The number of nitrogens with zero attached hydrogens (tertiary/aromatic N) is 1. The lowest BCUT2D eigenvalue weighted by atomic mass is 10.1. The van der Waals surface area contributed by atoms with Crippen molar-refractivity contribution in [2.45, 2.75) is 59.0 Å². The third kappa shape index (κ3) is 4.35. The molecule has 0 saturated carbocycles. The maximum atomic E-state index is 6.15. The van der Waals surface area contributed by atoms with Crippen molar-refractivity contribution in [3.8, 4) is 5.75 Å². The second-order valence-electron chi connectivity index (χ2n) is 5.82. The van der Waals surface area contributed by atoms with E-state index in [4.69, 9.17) is 10.5 Å². The minimum Gasteiger partial charge on any atom is -0.490 e. The number of ether oxygens (including phenoxy) is 1. The summed E-state index contributed by atoms with van der Waals surface area (Å²) in [6, 6.07) is 7.79. The summed E-state index contributed by atoms with van der Waals surface area (Å²) in [5, 5.41) is 1.00. The van der Waals surface area contributed by atoms with E-state index in [0.29, 0.717) is 0 Å². The third-order valence-electron chi connectivity index (χ3n) is 3.72. The van der Waals surface area contributed by atoms with Crippen LogP contribution < -0.4 is 10.5 Å². The predicted octanol–water partition coefficient (Wildman–Crippen LogP) is 4.86. The zero-order valence-electron chi connectivity index (χ0n) is 13.4. The second-order valence-corrected chi connectivity index (χ2v) is 5.82. The van der Waals surface area contributed by atoms with Gasteiger partial charge in [-0.2, -0.15) is 0 Å². The van der Waals surface area contributed by atoms with Crippen molar-refractivity contribution in [3.05, 3.63) is 30.0 Å². The summed E-state index contributed by atoms with van der Waals surface area (Å²) >= 11 is 0. The zero-order chi connectivity index (χ0) is 15.2. The van der Waals surface area contributed by atoms with Crippen molar-refractivity contribution in [2.75, 3.05) is 5.73 Å². The van der Waals surface area contributed by atoms with E-state index in [0.717, 1.165) is 34.5 Å². The maximum absolute atomic E-state index is 6.15. The highest BCUT2D eigenvalue weighted by molar-refractivity contribution is 5.87. The molecule has 1 heterocycles. The van der Waals surface area contributed by atoms with Crippen LogP contribution in [0.15, 0.2) is 24.3 Å². The normalized spacial score (nSPS) is 12.5. The highest BCUT2D eigenvalue weighted by atomic mass is 16.5. The second kappa shape index (κ2) is 7.30. The fourth-order valence-corrected chi connectivity index (χ4v) is 2.57. The molecule has 2 N–H and O–H groups in total. The van der Waals surface area contributed by atoms with Gasteiger partial charge in [0, 0.05) is 22.8 Å². The van der Waals surface area contributed by atoms with Gasteiger partial charge < -0.3 is 10.5 Å². The van der Waals surface area contributed by atoms with Crippen LogP contribution in [0.5, 0.6) is 5.75 Å². The molecule has 2 rings (SSSR count). The smallest absolute Gasteiger partial charge is 0.130 e. The summed E-state index contributed by atoms with van der Waals surface area (Å²) in [4.78, 5) is 4.54. The van der Waals surface area contributed by atoms with Crippen molar-refractivity contribution in [1.82, 2.24) is 4.98 Å². The Hall–Kier alpha value is -1.77. The highest BCUT2D eigenvalue weighted by Crippen LogP contribution is 2.28. The molecule has 2 aromatic rings. The summed E-state index contributed by atoms with van der Waals surface area (Å²) in [5.41, 5.74) is 8.55. The van der Waals surface area contributed by atoms with Gasteiger partial charge in [0.15, 0.2) is 0 Å². The Balaban J connectivity index is 2.11. The minimum atomic E-state index is 0.216. The first-order valence-electron chi connectivity index (χ1n) is 7.93. The first-order valence-corrected chi connectivity index (χ1v) is 7.93. The van der Waals surface area contributed by atoms with E-state index in [1.54, 1.807) is 0 Å². The molecule has 3 heteroatoms. The van der Waals surface area contributed by atoms with Gasteiger partial charge in [0.05, 0.1) is 11.6 Å². The number of nitrogens with two attached hydrogens (primary N) is 1. The first-order chi connectivity index (χ1) is 10.1. The van der Waals surface area contributed by atoms with Gasteiger partial charge in [-0.1, -0.05) is 26.2 Å². The Labute approximate surface area is 127 Å². The number of aromatic nitrogens is 1.